The summed E-state index contributed by atoms with van der Waals surface area (Å²) in [5.41, 5.74) is 4.52. The zero-order valence-electron chi connectivity index (χ0n) is 19.9. The predicted octanol–water partition coefficient (Wildman–Crippen LogP) is 7.72. The van der Waals surface area contributed by atoms with Gasteiger partial charge in [0.1, 0.15) is 18.2 Å². The fourth-order valence-electron chi connectivity index (χ4n) is 3.30. The third-order valence-corrected chi connectivity index (χ3v) is 5.67. The highest BCUT2D eigenvalue weighted by Gasteiger charge is 2.08. The molecule has 0 fully saturated rings. The number of ether oxygens (including phenoxy) is 1. The zero-order valence-corrected chi connectivity index (χ0v) is 20.7. The Hall–Kier alpha value is -2.87. The summed E-state index contributed by atoms with van der Waals surface area (Å²) in [6.07, 6.45) is 1.39. The van der Waals surface area contributed by atoms with E-state index in [2.05, 4.69) is 52.9 Å². The summed E-state index contributed by atoms with van der Waals surface area (Å²) < 4.78 is 20.4. The Morgan fingerprint density at radius 1 is 1.06 bits per heavy atom. The molecule has 0 saturated carbocycles. The lowest BCUT2D eigenvalue weighted by Crippen LogP contribution is -2.24. The molecule has 0 N–H and O–H groups in total. The molecule has 3 aromatic rings. The van der Waals surface area contributed by atoms with Crippen molar-refractivity contribution in [1.29, 1.82) is 0 Å². The SMILES string of the molecule is CCN(C/C(F)=C/C#CC(C)(C)C)Cc1cccc(OCc2cccc(-c3ccsc3)c2)c1. The fraction of sp³-hybridized carbons (Fsp3) is 0.310. The molecule has 2 nitrogen and oxygen atoms in total. The molecule has 4 heteroatoms. The first kappa shape index (κ1) is 24.8. The van der Waals surface area contributed by atoms with Crippen molar-refractivity contribution in [2.75, 3.05) is 13.1 Å². The lowest BCUT2D eigenvalue weighted by atomic mass is 9.98. The van der Waals surface area contributed by atoms with Gasteiger partial charge in [0.15, 0.2) is 0 Å². The van der Waals surface area contributed by atoms with E-state index in [1.165, 1.54) is 17.2 Å². The van der Waals surface area contributed by atoms with Crippen LogP contribution in [0.3, 0.4) is 0 Å². The van der Waals surface area contributed by atoms with E-state index in [1.807, 2.05) is 56.9 Å². The van der Waals surface area contributed by atoms with E-state index < -0.39 is 0 Å². The van der Waals surface area contributed by atoms with Gasteiger partial charge in [-0.25, -0.2) is 4.39 Å². The van der Waals surface area contributed by atoms with Crippen molar-refractivity contribution in [3.05, 3.63) is 88.4 Å². The standard InChI is InChI=1S/C29H32FNOS/c1-5-31(20-27(30)12-8-15-29(2,3)4)19-23-9-7-13-28(18-23)32-21-24-10-6-11-25(17-24)26-14-16-33-22-26/h6-7,9-14,16-18,22H,5,19-21H2,1-4H3/b27-12-. The number of likely N-dealkylation sites (N-methyl/N-ethyl adjacent to an activating group) is 1. The first-order valence-electron chi connectivity index (χ1n) is 11.3. The molecular weight excluding hydrogens is 429 g/mol. The van der Waals surface area contributed by atoms with Gasteiger partial charge in [-0.2, -0.15) is 11.3 Å². The number of hydrogen-bond acceptors (Lipinski definition) is 3. The number of hydrogen-bond donors (Lipinski definition) is 0. The Kier molecular flexibility index (Phi) is 8.88. The third kappa shape index (κ3) is 8.53. The fourth-order valence-corrected chi connectivity index (χ4v) is 3.96. The molecule has 0 spiro atoms. The van der Waals surface area contributed by atoms with Gasteiger partial charge in [-0.15, -0.1) is 0 Å². The van der Waals surface area contributed by atoms with E-state index in [-0.39, 0.29) is 17.8 Å². The lowest BCUT2D eigenvalue weighted by molar-refractivity contribution is 0.281. The number of benzene rings is 2. The van der Waals surface area contributed by atoms with Gasteiger partial charge < -0.3 is 4.74 Å². The smallest absolute Gasteiger partial charge is 0.122 e. The van der Waals surface area contributed by atoms with Gasteiger partial charge in [0.25, 0.3) is 0 Å². The van der Waals surface area contributed by atoms with E-state index in [0.29, 0.717) is 13.2 Å². The Balaban J connectivity index is 1.59. The summed E-state index contributed by atoms with van der Waals surface area (Å²) in [5.74, 6) is 6.48. The summed E-state index contributed by atoms with van der Waals surface area (Å²) in [7, 11) is 0. The van der Waals surface area contributed by atoms with Gasteiger partial charge in [-0.3, -0.25) is 4.90 Å². The maximum atomic E-state index is 14.3. The molecular formula is C29H32FNOS. The second kappa shape index (κ2) is 11.8. The van der Waals surface area contributed by atoms with Crippen LogP contribution in [-0.2, 0) is 13.2 Å². The number of nitrogens with zero attached hydrogens (tertiary/aromatic N) is 1. The van der Waals surface area contributed by atoms with Crippen molar-refractivity contribution in [1.82, 2.24) is 4.90 Å². The molecule has 172 valence electrons. The van der Waals surface area contributed by atoms with Gasteiger partial charge in [-0.05, 0) is 84.6 Å². The minimum absolute atomic E-state index is 0.132. The largest absolute Gasteiger partial charge is 0.489 e. The highest BCUT2D eigenvalue weighted by Crippen LogP contribution is 2.24. The number of allylic oxidation sites excluding steroid dienone is 1. The second-order valence-electron chi connectivity index (χ2n) is 9.06. The number of rotatable bonds is 9. The van der Waals surface area contributed by atoms with Crippen molar-refractivity contribution < 1.29 is 9.13 Å². The van der Waals surface area contributed by atoms with Crippen LogP contribution < -0.4 is 4.74 Å². The van der Waals surface area contributed by atoms with Gasteiger partial charge >= 0.3 is 0 Å². The quantitative estimate of drug-likeness (QED) is 0.302. The van der Waals surface area contributed by atoms with Crippen LogP contribution in [0.5, 0.6) is 5.75 Å². The maximum Gasteiger partial charge on any atom is 0.122 e. The molecule has 1 heterocycles. The molecule has 0 aliphatic heterocycles. The zero-order chi connectivity index (χ0) is 23.7. The summed E-state index contributed by atoms with van der Waals surface area (Å²) in [5, 5.41) is 4.24. The van der Waals surface area contributed by atoms with E-state index in [1.54, 1.807) is 11.3 Å². The van der Waals surface area contributed by atoms with Crippen LogP contribution in [0, 0.1) is 17.3 Å². The van der Waals surface area contributed by atoms with Gasteiger partial charge in [-0.1, -0.05) is 49.1 Å². The average molecular weight is 462 g/mol. The Morgan fingerprint density at radius 2 is 1.85 bits per heavy atom. The van der Waals surface area contributed by atoms with Crippen LogP contribution in [0.15, 0.2) is 77.3 Å². The van der Waals surface area contributed by atoms with Crippen molar-refractivity contribution in [3.8, 4) is 28.7 Å². The van der Waals surface area contributed by atoms with E-state index >= 15 is 0 Å². The second-order valence-corrected chi connectivity index (χ2v) is 9.84. The molecule has 0 amide bonds. The molecule has 0 atom stereocenters. The van der Waals surface area contributed by atoms with E-state index in [4.69, 9.17) is 4.74 Å². The molecule has 3 rings (SSSR count). The Bertz CT molecular complexity index is 1120. The summed E-state index contributed by atoms with van der Waals surface area (Å²) in [6, 6.07) is 18.6. The molecule has 0 unspecified atom stereocenters. The van der Waals surface area contributed by atoms with Gasteiger partial charge in [0.05, 0.1) is 6.54 Å². The first-order chi connectivity index (χ1) is 15.8. The molecule has 33 heavy (non-hydrogen) atoms. The highest BCUT2D eigenvalue weighted by molar-refractivity contribution is 7.08. The van der Waals surface area contributed by atoms with Crippen LogP contribution in [-0.4, -0.2) is 18.0 Å². The monoisotopic (exact) mass is 461 g/mol. The van der Waals surface area contributed by atoms with Gasteiger partial charge in [0, 0.05) is 18.0 Å². The molecule has 0 aliphatic carbocycles. The van der Waals surface area contributed by atoms with Crippen LogP contribution >= 0.6 is 11.3 Å². The van der Waals surface area contributed by atoms with Crippen molar-refractivity contribution >= 4 is 11.3 Å². The van der Waals surface area contributed by atoms with E-state index in [9.17, 15) is 4.39 Å². The lowest BCUT2D eigenvalue weighted by Gasteiger charge is -2.19. The topological polar surface area (TPSA) is 12.5 Å². The van der Waals surface area contributed by atoms with Crippen molar-refractivity contribution in [2.24, 2.45) is 5.41 Å². The van der Waals surface area contributed by atoms with E-state index in [0.717, 1.165) is 23.4 Å². The molecule has 2 aromatic carbocycles. The maximum absolute atomic E-state index is 14.3. The molecule has 0 aliphatic rings. The molecule has 0 radical (unpaired) electrons. The van der Waals surface area contributed by atoms with Crippen LogP contribution in [0.25, 0.3) is 11.1 Å². The number of halogens is 1. The molecule has 0 bridgehead atoms. The third-order valence-electron chi connectivity index (χ3n) is 4.99. The normalized spacial score (nSPS) is 11.9. The average Bonchev–Trinajstić information content (AvgIpc) is 3.32. The predicted molar refractivity (Wildman–Crippen MR) is 138 cm³/mol. The Morgan fingerprint density at radius 3 is 2.58 bits per heavy atom. The molecule has 0 saturated heterocycles. The number of thiophene rings is 1. The Labute approximate surface area is 201 Å². The van der Waals surface area contributed by atoms with Gasteiger partial charge in [0.2, 0.25) is 0 Å². The summed E-state index contributed by atoms with van der Waals surface area (Å²) in [4.78, 5) is 2.05. The van der Waals surface area contributed by atoms with Crippen LogP contribution in [0.2, 0.25) is 0 Å². The minimum Gasteiger partial charge on any atom is -0.489 e. The molecule has 1 aromatic heterocycles. The summed E-state index contributed by atoms with van der Waals surface area (Å²) in [6.45, 7) is 10.2. The van der Waals surface area contributed by atoms with Crippen LogP contribution in [0.1, 0.15) is 38.8 Å². The van der Waals surface area contributed by atoms with Crippen LogP contribution in [0.4, 0.5) is 4.39 Å². The van der Waals surface area contributed by atoms with Crippen molar-refractivity contribution in [3.63, 3.8) is 0 Å². The van der Waals surface area contributed by atoms with Crippen molar-refractivity contribution in [2.45, 2.75) is 40.8 Å². The highest BCUT2D eigenvalue weighted by atomic mass is 32.1. The summed E-state index contributed by atoms with van der Waals surface area (Å²) >= 11 is 1.70. The minimum atomic E-state index is -0.216. The first-order valence-corrected chi connectivity index (χ1v) is 12.2.